The lowest BCUT2D eigenvalue weighted by molar-refractivity contribution is -0.137. The first-order valence-electron chi connectivity index (χ1n) is 7.43. The van der Waals surface area contributed by atoms with Gasteiger partial charge in [-0.05, 0) is 50.5 Å². The fourth-order valence-corrected chi connectivity index (χ4v) is 2.70. The molecule has 0 spiro atoms. The minimum Gasteiger partial charge on any atom is -0.446 e. The van der Waals surface area contributed by atoms with Crippen molar-refractivity contribution in [1.29, 1.82) is 0 Å². The number of alkyl halides is 3. The van der Waals surface area contributed by atoms with Crippen LogP contribution < -0.4 is 4.90 Å². The Bertz CT molecular complexity index is 572. The average Bonchev–Trinajstić information content (AvgIpc) is 2.44. The molecule has 1 aliphatic heterocycles. The molecule has 2 rings (SSSR count). The van der Waals surface area contributed by atoms with E-state index in [0.29, 0.717) is 30.7 Å². The number of hydrogen-bond donors (Lipinski definition) is 0. The summed E-state index contributed by atoms with van der Waals surface area (Å²) in [5.41, 5.74) is 0.239. The third kappa shape index (κ3) is 3.96. The van der Waals surface area contributed by atoms with Crippen molar-refractivity contribution in [2.45, 2.75) is 45.0 Å². The Morgan fingerprint density at radius 1 is 1.39 bits per heavy atom. The standard InChI is InChI=1S/C16H20F3NO3/c1-10(2)23-15(21)20-13(9-22-3)6-4-11-8-12(16(17,18)19)5-7-14(11)20/h5,7-8,10,13H,4,6,9H2,1-3H3. The number of methoxy groups -OCH3 is 1. The number of anilines is 1. The first-order valence-corrected chi connectivity index (χ1v) is 7.43. The molecule has 128 valence electrons. The second-order valence-corrected chi connectivity index (χ2v) is 5.79. The molecule has 1 atom stereocenters. The molecule has 1 amide bonds. The molecule has 0 aromatic heterocycles. The van der Waals surface area contributed by atoms with Crippen LogP contribution >= 0.6 is 0 Å². The summed E-state index contributed by atoms with van der Waals surface area (Å²) >= 11 is 0. The fraction of sp³-hybridized carbons (Fsp3) is 0.562. The van der Waals surface area contributed by atoms with Gasteiger partial charge >= 0.3 is 12.3 Å². The smallest absolute Gasteiger partial charge is 0.416 e. The number of benzene rings is 1. The molecular weight excluding hydrogens is 311 g/mol. The molecule has 1 aromatic carbocycles. The number of nitrogens with zero attached hydrogens (tertiary/aromatic N) is 1. The number of rotatable bonds is 3. The lowest BCUT2D eigenvalue weighted by Crippen LogP contribution is -2.47. The zero-order valence-corrected chi connectivity index (χ0v) is 13.3. The van der Waals surface area contributed by atoms with Crippen LogP contribution in [0, 0.1) is 0 Å². The number of hydrogen-bond acceptors (Lipinski definition) is 3. The first kappa shape index (κ1) is 17.6. The minimum atomic E-state index is -4.40. The van der Waals surface area contributed by atoms with E-state index < -0.39 is 17.8 Å². The van der Waals surface area contributed by atoms with E-state index in [1.807, 2.05) is 0 Å². The van der Waals surface area contributed by atoms with Crippen molar-refractivity contribution in [2.24, 2.45) is 0 Å². The van der Waals surface area contributed by atoms with Gasteiger partial charge in [-0.2, -0.15) is 13.2 Å². The van der Waals surface area contributed by atoms with Gasteiger partial charge in [-0.3, -0.25) is 4.90 Å². The van der Waals surface area contributed by atoms with E-state index in [4.69, 9.17) is 9.47 Å². The molecule has 0 aliphatic carbocycles. The van der Waals surface area contributed by atoms with Crippen molar-refractivity contribution in [3.63, 3.8) is 0 Å². The summed E-state index contributed by atoms with van der Waals surface area (Å²) in [4.78, 5) is 13.8. The highest BCUT2D eigenvalue weighted by Gasteiger charge is 2.36. The van der Waals surface area contributed by atoms with E-state index in [-0.39, 0.29) is 12.1 Å². The number of ether oxygens (including phenoxy) is 2. The molecule has 7 heteroatoms. The van der Waals surface area contributed by atoms with Crippen LogP contribution in [-0.2, 0) is 22.1 Å². The van der Waals surface area contributed by atoms with Gasteiger partial charge in [-0.15, -0.1) is 0 Å². The van der Waals surface area contributed by atoms with E-state index in [2.05, 4.69) is 0 Å². The SMILES string of the molecule is COCC1CCc2cc(C(F)(F)F)ccc2N1C(=O)OC(C)C. The quantitative estimate of drug-likeness (QED) is 0.840. The average molecular weight is 331 g/mol. The maximum atomic E-state index is 12.9. The van der Waals surface area contributed by atoms with Crippen LogP contribution in [0.3, 0.4) is 0 Å². The van der Waals surface area contributed by atoms with Gasteiger partial charge in [0.25, 0.3) is 0 Å². The van der Waals surface area contributed by atoms with Crippen LogP contribution in [0.15, 0.2) is 18.2 Å². The second-order valence-electron chi connectivity index (χ2n) is 5.79. The summed E-state index contributed by atoms with van der Waals surface area (Å²) in [5, 5.41) is 0. The molecule has 4 nitrogen and oxygen atoms in total. The summed E-state index contributed by atoms with van der Waals surface area (Å²) in [6.45, 7) is 3.75. The Labute approximate surface area is 133 Å². The highest BCUT2D eigenvalue weighted by atomic mass is 19.4. The molecule has 1 aliphatic rings. The van der Waals surface area contributed by atoms with Crippen molar-refractivity contribution in [3.8, 4) is 0 Å². The predicted octanol–water partition coefficient (Wildman–Crippen LogP) is 4.02. The van der Waals surface area contributed by atoms with Crippen molar-refractivity contribution in [3.05, 3.63) is 29.3 Å². The van der Waals surface area contributed by atoms with Crippen LogP contribution in [0.25, 0.3) is 0 Å². The second kappa shape index (κ2) is 6.78. The third-order valence-electron chi connectivity index (χ3n) is 3.67. The van der Waals surface area contributed by atoms with Gasteiger partial charge in [0.05, 0.1) is 30.0 Å². The summed E-state index contributed by atoms with van der Waals surface area (Å²) in [6.07, 6.45) is -4.30. The van der Waals surface area contributed by atoms with Gasteiger partial charge in [-0.1, -0.05) is 0 Å². The molecule has 0 saturated heterocycles. The first-order chi connectivity index (χ1) is 10.7. The lowest BCUT2D eigenvalue weighted by Gasteiger charge is -2.36. The summed E-state index contributed by atoms with van der Waals surface area (Å²) in [6, 6.07) is 3.18. The Kier molecular flexibility index (Phi) is 5.19. The van der Waals surface area contributed by atoms with Gasteiger partial charge < -0.3 is 9.47 Å². The zero-order valence-electron chi connectivity index (χ0n) is 13.3. The van der Waals surface area contributed by atoms with Crippen LogP contribution in [0.4, 0.5) is 23.7 Å². The Morgan fingerprint density at radius 2 is 2.09 bits per heavy atom. The van der Waals surface area contributed by atoms with Crippen molar-refractivity contribution in [1.82, 2.24) is 0 Å². The normalized spacial score (nSPS) is 18.0. The number of fused-ring (bicyclic) bond motifs is 1. The highest BCUT2D eigenvalue weighted by molar-refractivity contribution is 5.90. The number of carbonyl (C=O) groups excluding carboxylic acids is 1. The molecular formula is C16H20F3NO3. The van der Waals surface area contributed by atoms with Gasteiger partial charge in [0.2, 0.25) is 0 Å². The maximum Gasteiger partial charge on any atom is 0.416 e. The van der Waals surface area contributed by atoms with Gasteiger partial charge in [0.15, 0.2) is 0 Å². The summed E-state index contributed by atoms with van der Waals surface area (Å²) in [5.74, 6) is 0. The molecule has 0 radical (unpaired) electrons. The minimum absolute atomic E-state index is 0.254. The van der Waals surface area contributed by atoms with Gasteiger partial charge in [-0.25, -0.2) is 4.79 Å². The van der Waals surface area contributed by atoms with E-state index >= 15 is 0 Å². The van der Waals surface area contributed by atoms with Gasteiger partial charge in [0, 0.05) is 7.11 Å². The van der Waals surface area contributed by atoms with Crippen LogP contribution in [0.5, 0.6) is 0 Å². The van der Waals surface area contributed by atoms with E-state index in [1.54, 1.807) is 13.8 Å². The monoisotopic (exact) mass is 331 g/mol. The lowest BCUT2D eigenvalue weighted by atomic mass is 9.94. The molecule has 1 heterocycles. The van der Waals surface area contributed by atoms with Crippen LogP contribution in [-0.4, -0.2) is 32.0 Å². The van der Waals surface area contributed by atoms with Crippen LogP contribution in [0.1, 0.15) is 31.4 Å². The number of aryl methyl sites for hydroxylation is 1. The number of amides is 1. The zero-order chi connectivity index (χ0) is 17.2. The Hall–Kier alpha value is -1.76. The number of halogens is 3. The maximum absolute atomic E-state index is 12.9. The predicted molar refractivity (Wildman–Crippen MR) is 79.5 cm³/mol. The van der Waals surface area contributed by atoms with E-state index in [9.17, 15) is 18.0 Å². The molecule has 1 unspecified atom stereocenters. The number of carbonyl (C=O) groups is 1. The molecule has 0 saturated carbocycles. The van der Waals surface area contributed by atoms with Crippen molar-refractivity contribution in [2.75, 3.05) is 18.6 Å². The highest BCUT2D eigenvalue weighted by Crippen LogP contribution is 2.37. The molecule has 0 N–H and O–H groups in total. The third-order valence-corrected chi connectivity index (χ3v) is 3.67. The Morgan fingerprint density at radius 3 is 2.65 bits per heavy atom. The largest absolute Gasteiger partial charge is 0.446 e. The molecule has 0 fully saturated rings. The van der Waals surface area contributed by atoms with Crippen molar-refractivity contribution < 1.29 is 27.4 Å². The summed E-state index contributed by atoms with van der Waals surface area (Å²) < 4.78 is 48.9. The topological polar surface area (TPSA) is 38.8 Å². The molecule has 23 heavy (non-hydrogen) atoms. The fourth-order valence-electron chi connectivity index (χ4n) is 2.70. The van der Waals surface area contributed by atoms with E-state index in [0.717, 1.165) is 12.1 Å². The molecule has 1 aromatic rings. The summed E-state index contributed by atoms with van der Waals surface area (Å²) in [7, 11) is 1.52. The molecule has 0 bridgehead atoms. The Balaban J connectivity index is 2.39. The van der Waals surface area contributed by atoms with Crippen molar-refractivity contribution >= 4 is 11.8 Å². The van der Waals surface area contributed by atoms with E-state index in [1.165, 1.54) is 18.1 Å². The van der Waals surface area contributed by atoms with Gasteiger partial charge in [0.1, 0.15) is 0 Å². The van der Waals surface area contributed by atoms with Crippen LogP contribution in [0.2, 0.25) is 0 Å².